The predicted octanol–water partition coefficient (Wildman–Crippen LogP) is 2.38. The molecule has 1 unspecified atom stereocenters. The molecule has 2 aromatic rings. The highest BCUT2D eigenvalue weighted by atomic mass is 32.1. The standard InChI is InChI=1S/C23H23N3O4S/c1-14(26-22(29)16-6-2-3-7-17(16)23(26)30)20(27)24-15-10-12-25(13-11-15)21(28)18-8-4-5-9-19(18)31/h2-9,14-15,31H,10-13H2,1H3,(H,24,27). The second-order valence-electron chi connectivity index (χ2n) is 7.79. The van der Waals surface area contributed by atoms with Gasteiger partial charge in [-0.1, -0.05) is 24.3 Å². The maximum Gasteiger partial charge on any atom is 0.262 e. The van der Waals surface area contributed by atoms with Crippen LogP contribution in [0.1, 0.15) is 50.8 Å². The van der Waals surface area contributed by atoms with Crippen LogP contribution in [0.4, 0.5) is 0 Å². The molecule has 0 aliphatic carbocycles. The third-order valence-corrected chi connectivity index (χ3v) is 6.25. The van der Waals surface area contributed by atoms with Crippen molar-refractivity contribution in [3.05, 3.63) is 65.2 Å². The first-order valence-electron chi connectivity index (χ1n) is 10.2. The molecule has 8 heteroatoms. The maximum atomic E-state index is 12.8. The van der Waals surface area contributed by atoms with Gasteiger partial charge in [0, 0.05) is 24.0 Å². The number of piperidine rings is 1. The van der Waals surface area contributed by atoms with Crippen LogP contribution in [0.5, 0.6) is 0 Å². The Kier molecular flexibility index (Phi) is 5.82. The Morgan fingerprint density at radius 2 is 1.52 bits per heavy atom. The molecule has 2 aliphatic heterocycles. The van der Waals surface area contributed by atoms with Crippen molar-refractivity contribution in [3.8, 4) is 0 Å². The van der Waals surface area contributed by atoms with Gasteiger partial charge in [-0.3, -0.25) is 24.1 Å². The number of thiol groups is 1. The molecule has 31 heavy (non-hydrogen) atoms. The Labute approximate surface area is 185 Å². The average Bonchev–Trinajstić information content (AvgIpc) is 3.04. The third-order valence-electron chi connectivity index (χ3n) is 5.86. The summed E-state index contributed by atoms with van der Waals surface area (Å²) in [7, 11) is 0. The lowest BCUT2D eigenvalue weighted by molar-refractivity contribution is -0.125. The molecule has 0 aromatic heterocycles. The number of carbonyl (C=O) groups is 4. The summed E-state index contributed by atoms with van der Waals surface area (Å²) < 4.78 is 0. The Morgan fingerprint density at radius 3 is 2.10 bits per heavy atom. The molecule has 4 rings (SSSR count). The van der Waals surface area contributed by atoms with Gasteiger partial charge in [0.15, 0.2) is 0 Å². The van der Waals surface area contributed by atoms with E-state index in [0.29, 0.717) is 47.5 Å². The normalized spacial score (nSPS) is 17.5. The fraction of sp³-hybridized carbons (Fsp3) is 0.304. The van der Waals surface area contributed by atoms with Crippen LogP contribution in [-0.4, -0.2) is 58.6 Å². The lowest BCUT2D eigenvalue weighted by Crippen LogP contribution is -2.53. The molecule has 2 aliphatic rings. The molecule has 1 saturated heterocycles. The topological polar surface area (TPSA) is 86.8 Å². The molecule has 1 atom stereocenters. The van der Waals surface area contributed by atoms with E-state index in [1.807, 2.05) is 6.07 Å². The van der Waals surface area contributed by atoms with E-state index in [1.165, 1.54) is 0 Å². The van der Waals surface area contributed by atoms with Gasteiger partial charge in [0.2, 0.25) is 5.91 Å². The Hall–Kier alpha value is -3.13. The van der Waals surface area contributed by atoms with Gasteiger partial charge in [0.05, 0.1) is 16.7 Å². The summed E-state index contributed by atoms with van der Waals surface area (Å²) in [6.45, 7) is 2.57. The monoisotopic (exact) mass is 437 g/mol. The van der Waals surface area contributed by atoms with Crippen LogP contribution < -0.4 is 5.32 Å². The van der Waals surface area contributed by atoms with E-state index in [0.717, 1.165) is 4.90 Å². The maximum absolute atomic E-state index is 12.8. The number of nitrogens with zero attached hydrogens (tertiary/aromatic N) is 2. The van der Waals surface area contributed by atoms with E-state index in [2.05, 4.69) is 17.9 Å². The molecule has 1 N–H and O–H groups in total. The van der Waals surface area contributed by atoms with Crippen LogP contribution in [0.25, 0.3) is 0 Å². The van der Waals surface area contributed by atoms with Crippen LogP contribution >= 0.6 is 12.6 Å². The highest BCUT2D eigenvalue weighted by Crippen LogP contribution is 2.25. The fourth-order valence-corrected chi connectivity index (χ4v) is 4.31. The summed E-state index contributed by atoms with van der Waals surface area (Å²) >= 11 is 4.35. The van der Waals surface area contributed by atoms with Crippen molar-refractivity contribution in [3.63, 3.8) is 0 Å². The van der Waals surface area contributed by atoms with Gasteiger partial charge in [-0.2, -0.15) is 0 Å². The second-order valence-corrected chi connectivity index (χ2v) is 8.28. The summed E-state index contributed by atoms with van der Waals surface area (Å²) in [5.74, 6) is -1.35. The minimum absolute atomic E-state index is 0.0743. The molecular formula is C23H23N3O4S. The molecule has 2 heterocycles. The second kappa shape index (κ2) is 8.55. The molecule has 0 bridgehead atoms. The van der Waals surface area contributed by atoms with E-state index < -0.39 is 17.9 Å². The molecule has 1 fully saturated rings. The predicted molar refractivity (Wildman–Crippen MR) is 117 cm³/mol. The Morgan fingerprint density at radius 1 is 0.968 bits per heavy atom. The minimum atomic E-state index is -0.914. The Balaban J connectivity index is 1.34. The number of hydrogen-bond donors (Lipinski definition) is 2. The minimum Gasteiger partial charge on any atom is -0.351 e. The van der Waals surface area contributed by atoms with Crippen LogP contribution in [0.15, 0.2) is 53.4 Å². The highest BCUT2D eigenvalue weighted by Gasteiger charge is 2.41. The smallest absolute Gasteiger partial charge is 0.262 e. The summed E-state index contributed by atoms with van der Waals surface area (Å²) in [5.41, 5.74) is 1.21. The van der Waals surface area contributed by atoms with Crippen molar-refractivity contribution in [2.45, 2.75) is 36.7 Å². The first-order chi connectivity index (χ1) is 14.9. The fourth-order valence-electron chi connectivity index (χ4n) is 4.05. The van der Waals surface area contributed by atoms with Crippen molar-refractivity contribution >= 4 is 36.3 Å². The van der Waals surface area contributed by atoms with Gasteiger partial charge in [-0.05, 0) is 44.0 Å². The summed E-state index contributed by atoms with van der Waals surface area (Å²) in [4.78, 5) is 54.1. The molecule has 160 valence electrons. The van der Waals surface area contributed by atoms with Gasteiger partial charge in [0.25, 0.3) is 17.7 Å². The zero-order valence-corrected chi connectivity index (χ0v) is 18.0. The molecule has 0 spiro atoms. The van der Waals surface area contributed by atoms with Crippen LogP contribution in [-0.2, 0) is 4.79 Å². The molecule has 2 aromatic carbocycles. The first kappa shape index (κ1) is 21.1. The number of hydrogen-bond acceptors (Lipinski definition) is 5. The number of benzene rings is 2. The third kappa shape index (κ3) is 3.95. The van der Waals surface area contributed by atoms with E-state index >= 15 is 0 Å². The number of imide groups is 1. The van der Waals surface area contributed by atoms with Gasteiger partial charge in [0.1, 0.15) is 6.04 Å². The SMILES string of the molecule is CC(C(=O)NC1CCN(C(=O)c2ccccc2S)CC1)N1C(=O)c2ccccc2C1=O. The van der Waals surface area contributed by atoms with Crippen molar-refractivity contribution in [2.24, 2.45) is 0 Å². The molecule has 0 saturated carbocycles. The van der Waals surface area contributed by atoms with Gasteiger partial charge < -0.3 is 10.2 Å². The lowest BCUT2D eigenvalue weighted by Gasteiger charge is -2.33. The van der Waals surface area contributed by atoms with Crippen LogP contribution in [0, 0.1) is 0 Å². The zero-order chi connectivity index (χ0) is 22.1. The summed E-state index contributed by atoms with van der Waals surface area (Å²) in [6.07, 6.45) is 1.20. The van der Waals surface area contributed by atoms with E-state index in [9.17, 15) is 19.2 Å². The lowest BCUT2D eigenvalue weighted by atomic mass is 10.0. The number of amides is 4. The van der Waals surface area contributed by atoms with E-state index in [-0.39, 0.29) is 17.9 Å². The van der Waals surface area contributed by atoms with Crippen molar-refractivity contribution in [1.29, 1.82) is 0 Å². The number of rotatable bonds is 4. The molecular weight excluding hydrogens is 414 g/mol. The first-order valence-corrected chi connectivity index (χ1v) is 10.7. The molecule has 4 amide bonds. The van der Waals surface area contributed by atoms with Crippen LogP contribution in [0.2, 0.25) is 0 Å². The quantitative estimate of drug-likeness (QED) is 0.568. The number of likely N-dealkylation sites (tertiary alicyclic amines) is 1. The summed E-state index contributed by atoms with van der Waals surface area (Å²) in [5, 5.41) is 2.94. The van der Waals surface area contributed by atoms with Gasteiger partial charge in [-0.25, -0.2) is 0 Å². The average molecular weight is 438 g/mol. The largest absolute Gasteiger partial charge is 0.351 e. The van der Waals surface area contributed by atoms with Crippen molar-refractivity contribution in [2.75, 3.05) is 13.1 Å². The van der Waals surface area contributed by atoms with Crippen LogP contribution in [0.3, 0.4) is 0 Å². The van der Waals surface area contributed by atoms with Crippen molar-refractivity contribution in [1.82, 2.24) is 15.1 Å². The van der Waals surface area contributed by atoms with Gasteiger partial charge >= 0.3 is 0 Å². The van der Waals surface area contributed by atoms with E-state index in [1.54, 1.807) is 54.3 Å². The Bertz CT molecular complexity index is 1030. The van der Waals surface area contributed by atoms with Crippen molar-refractivity contribution < 1.29 is 19.2 Å². The van der Waals surface area contributed by atoms with Gasteiger partial charge in [-0.15, -0.1) is 12.6 Å². The molecule has 0 radical (unpaired) electrons. The van der Waals surface area contributed by atoms with E-state index in [4.69, 9.17) is 0 Å². The number of carbonyl (C=O) groups excluding carboxylic acids is 4. The summed E-state index contributed by atoms with van der Waals surface area (Å²) in [6, 6.07) is 12.7. The number of fused-ring (bicyclic) bond motifs is 1. The molecule has 7 nitrogen and oxygen atoms in total. The number of nitrogens with one attached hydrogen (secondary N) is 1. The highest BCUT2D eigenvalue weighted by molar-refractivity contribution is 7.80. The zero-order valence-electron chi connectivity index (χ0n) is 17.1.